The third-order valence-corrected chi connectivity index (χ3v) is 4.80. The van der Waals surface area contributed by atoms with Crippen LogP contribution in [0.5, 0.6) is 5.75 Å². The topological polar surface area (TPSA) is 9.23 Å². The van der Waals surface area contributed by atoms with Crippen molar-refractivity contribution in [3.8, 4) is 5.75 Å². The number of thiol groups is 1. The zero-order valence-corrected chi connectivity index (χ0v) is 16.8. The maximum atomic E-state index is 5.87. The summed E-state index contributed by atoms with van der Waals surface area (Å²) in [6, 6.07) is 4.30. The van der Waals surface area contributed by atoms with Crippen LogP contribution in [-0.2, 0) is 0 Å². The Morgan fingerprint density at radius 1 is 0.941 bits per heavy atom. The SMILES string of the molecule is SCCCCCCOc1c(I)cc(I)cc1I. The second kappa shape index (κ2) is 9.46. The summed E-state index contributed by atoms with van der Waals surface area (Å²) < 4.78 is 9.53. The molecular formula is C12H15I3OS. The lowest BCUT2D eigenvalue weighted by molar-refractivity contribution is 0.301. The molecule has 0 saturated heterocycles. The van der Waals surface area contributed by atoms with Crippen molar-refractivity contribution >= 4 is 80.4 Å². The molecule has 0 aliphatic heterocycles. The maximum absolute atomic E-state index is 5.87. The van der Waals surface area contributed by atoms with Gasteiger partial charge in [-0.05, 0) is 98.5 Å². The first-order valence-electron chi connectivity index (χ1n) is 5.53. The van der Waals surface area contributed by atoms with Gasteiger partial charge in [0.05, 0.1) is 13.7 Å². The smallest absolute Gasteiger partial charge is 0.145 e. The van der Waals surface area contributed by atoms with Gasteiger partial charge in [-0.1, -0.05) is 12.8 Å². The Labute approximate surface area is 150 Å². The van der Waals surface area contributed by atoms with E-state index in [0.29, 0.717) is 0 Å². The molecule has 0 bridgehead atoms. The average Bonchev–Trinajstić information content (AvgIpc) is 2.26. The van der Waals surface area contributed by atoms with Crippen LogP contribution in [-0.4, -0.2) is 12.4 Å². The van der Waals surface area contributed by atoms with Crippen LogP contribution in [0.2, 0.25) is 0 Å². The molecule has 0 spiro atoms. The number of benzene rings is 1. The standard InChI is InChI=1S/C12H15I3OS/c13-9-7-10(14)12(11(15)8-9)16-5-3-1-2-4-6-17/h7-8,17H,1-6H2. The molecule has 0 unspecified atom stereocenters. The van der Waals surface area contributed by atoms with Crippen molar-refractivity contribution < 1.29 is 4.74 Å². The average molecular weight is 588 g/mol. The van der Waals surface area contributed by atoms with Crippen LogP contribution >= 0.6 is 80.4 Å². The van der Waals surface area contributed by atoms with Gasteiger partial charge in [0.25, 0.3) is 0 Å². The van der Waals surface area contributed by atoms with Crippen molar-refractivity contribution in [2.24, 2.45) is 0 Å². The summed E-state index contributed by atoms with van der Waals surface area (Å²) in [6.45, 7) is 0.819. The highest BCUT2D eigenvalue weighted by molar-refractivity contribution is 14.1. The van der Waals surface area contributed by atoms with Gasteiger partial charge in [-0.3, -0.25) is 0 Å². The Balaban J connectivity index is 2.36. The van der Waals surface area contributed by atoms with Gasteiger partial charge in [-0.15, -0.1) is 0 Å². The lowest BCUT2D eigenvalue weighted by atomic mass is 10.2. The molecule has 0 aliphatic rings. The van der Waals surface area contributed by atoms with Crippen molar-refractivity contribution in [1.29, 1.82) is 0 Å². The molecule has 0 N–H and O–H groups in total. The summed E-state index contributed by atoms with van der Waals surface area (Å²) >= 11 is 11.2. The predicted molar refractivity (Wildman–Crippen MR) is 102 cm³/mol. The molecule has 17 heavy (non-hydrogen) atoms. The first-order valence-corrected chi connectivity index (χ1v) is 9.40. The summed E-state index contributed by atoms with van der Waals surface area (Å²) in [5.41, 5.74) is 0. The normalized spacial score (nSPS) is 10.6. The molecule has 1 aromatic carbocycles. The summed E-state index contributed by atoms with van der Waals surface area (Å²) in [5, 5.41) is 0. The van der Waals surface area contributed by atoms with Crippen LogP contribution in [0.1, 0.15) is 25.7 Å². The number of hydrogen-bond donors (Lipinski definition) is 1. The molecule has 5 heteroatoms. The molecule has 0 aliphatic carbocycles. The highest BCUT2D eigenvalue weighted by Crippen LogP contribution is 2.29. The van der Waals surface area contributed by atoms with Gasteiger partial charge >= 0.3 is 0 Å². The molecule has 0 amide bonds. The van der Waals surface area contributed by atoms with Crippen LogP contribution < -0.4 is 4.74 Å². The van der Waals surface area contributed by atoms with Crippen LogP contribution in [0.15, 0.2) is 12.1 Å². The zero-order chi connectivity index (χ0) is 12.7. The summed E-state index contributed by atoms with van der Waals surface area (Å²) in [7, 11) is 0. The molecule has 0 aromatic heterocycles. The zero-order valence-electron chi connectivity index (χ0n) is 9.39. The van der Waals surface area contributed by atoms with Crippen molar-refractivity contribution in [2.45, 2.75) is 25.7 Å². The predicted octanol–water partition coefficient (Wildman–Crippen LogP) is 5.37. The molecule has 0 fully saturated rings. The number of halogens is 3. The van der Waals surface area contributed by atoms with E-state index >= 15 is 0 Å². The Morgan fingerprint density at radius 3 is 2.12 bits per heavy atom. The summed E-state index contributed by atoms with van der Waals surface area (Å²) in [6.07, 6.45) is 4.83. The number of unbranched alkanes of at least 4 members (excludes halogenated alkanes) is 3. The highest BCUT2D eigenvalue weighted by Gasteiger charge is 2.07. The fourth-order valence-electron chi connectivity index (χ4n) is 1.41. The quantitative estimate of drug-likeness (QED) is 0.256. The van der Waals surface area contributed by atoms with Gasteiger partial charge in [0, 0.05) is 3.57 Å². The number of rotatable bonds is 7. The highest BCUT2D eigenvalue weighted by atomic mass is 127. The van der Waals surface area contributed by atoms with Gasteiger partial charge in [-0.25, -0.2) is 0 Å². The molecular weight excluding hydrogens is 573 g/mol. The summed E-state index contributed by atoms with van der Waals surface area (Å²) in [5.74, 6) is 2.04. The van der Waals surface area contributed by atoms with Gasteiger partial charge in [0.2, 0.25) is 0 Å². The van der Waals surface area contributed by atoms with E-state index in [4.69, 9.17) is 4.74 Å². The molecule has 1 aromatic rings. The van der Waals surface area contributed by atoms with Crippen molar-refractivity contribution in [3.05, 3.63) is 22.8 Å². The minimum Gasteiger partial charge on any atom is -0.491 e. The fraction of sp³-hybridized carbons (Fsp3) is 0.500. The van der Waals surface area contributed by atoms with Gasteiger partial charge in [0.1, 0.15) is 5.75 Å². The maximum Gasteiger partial charge on any atom is 0.145 e. The Morgan fingerprint density at radius 2 is 1.53 bits per heavy atom. The van der Waals surface area contributed by atoms with E-state index in [1.54, 1.807) is 0 Å². The van der Waals surface area contributed by atoms with E-state index in [1.165, 1.54) is 30.0 Å². The van der Waals surface area contributed by atoms with Gasteiger partial charge < -0.3 is 4.74 Å². The minimum atomic E-state index is 0.819. The van der Waals surface area contributed by atoms with E-state index < -0.39 is 0 Å². The first-order chi connectivity index (χ1) is 8.15. The van der Waals surface area contributed by atoms with Crippen molar-refractivity contribution in [2.75, 3.05) is 12.4 Å². The number of hydrogen-bond acceptors (Lipinski definition) is 2. The molecule has 0 saturated carbocycles. The van der Waals surface area contributed by atoms with Gasteiger partial charge in [0.15, 0.2) is 0 Å². The van der Waals surface area contributed by atoms with E-state index in [0.717, 1.165) is 24.5 Å². The summed E-state index contributed by atoms with van der Waals surface area (Å²) in [4.78, 5) is 0. The van der Waals surface area contributed by atoms with Crippen LogP contribution in [0.4, 0.5) is 0 Å². The van der Waals surface area contributed by atoms with Crippen LogP contribution in [0, 0.1) is 10.7 Å². The largest absolute Gasteiger partial charge is 0.491 e. The molecule has 0 atom stereocenters. The third-order valence-electron chi connectivity index (χ3n) is 2.26. The third kappa shape index (κ3) is 6.51. The Bertz CT molecular complexity index is 335. The lowest BCUT2D eigenvalue weighted by Gasteiger charge is -2.10. The molecule has 0 radical (unpaired) electrons. The minimum absolute atomic E-state index is 0.819. The molecule has 0 heterocycles. The van der Waals surface area contributed by atoms with E-state index in [-0.39, 0.29) is 0 Å². The molecule has 1 rings (SSSR count). The Hall–Kier alpha value is 1.56. The molecule has 1 nitrogen and oxygen atoms in total. The fourth-order valence-corrected chi connectivity index (χ4v) is 5.53. The van der Waals surface area contributed by atoms with E-state index in [2.05, 4.69) is 92.5 Å². The second-order valence-electron chi connectivity index (χ2n) is 3.68. The first kappa shape index (κ1) is 16.6. The van der Waals surface area contributed by atoms with Crippen molar-refractivity contribution in [1.82, 2.24) is 0 Å². The van der Waals surface area contributed by atoms with E-state index in [1.807, 2.05) is 0 Å². The van der Waals surface area contributed by atoms with Gasteiger partial charge in [-0.2, -0.15) is 12.6 Å². The van der Waals surface area contributed by atoms with Crippen LogP contribution in [0.25, 0.3) is 0 Å². The second-order valence-corrected chi connectivity index (χ2v) is 7.70. The van der Waals surface area contributed by atoms with Crippen LogP contribution in [0.3, 0.4) is 0 Å². The van der Waals surface area contributed by atoms with Crippen molar-refractivity contribution in [3.63, 3.8) is 0 Å². The Kier molecular flexibility index (Phi) is 9.25. The number of ether oxygens (including phenoxy) is 1. The van der Waals surface area contributed by atoms with E-state index in [9.17, 15) is 0 Å². The monoisotopic (exact) mass is 588 g/mol. The molecule has 96 valence electrons. The lowest BCUT2D eigenvalue weighted by Crippen LogP contribution is -2.01.